The molecule has 0 aromatic heterocycles. The monoisotopic (exact) mass is 1870 g/mol. The number of carboxylic acid groups (broad SMARTS) is 2. The Morgan fingerprint density at radius 3 is 1.18 bits per heavy atom. The molecule has 6 aliphatic rings. The summed E-state index contributed by atoms with van der Waals surface area (Å²) in [5.74, 6) is -14.5. The molecule has 0 bridgehead atoms. The van der Waals surface area contributed by atoms with E-state index in [1.54, 1.807) is 6.08 Å². The van der Waals surface area contributed by atoms with Crippen LogP contribution in [0.1, 0.15) is 240 Å². The SMILES string of the molecule is CCCCCCCCCCCCC/C=C/[C@@H](O)[C@H](CO[C@H]1O[C@@H](CO)[C@H](O[C@@H]2O[C@H](CO)[C@H](O[C@@H]3O[C@H](CO)[C@H](O)[C@H](O[C@@H]4O[C@H](CO)[C@H](O)[C@H](O[C@]5(C(=O)O)C[C@H](O)[C@@H](NC(C)=O)[C@H]([C@@H](O)[C@H](O)CO)O5)[C@H]4O)[C@H]3NC(C)=O)[C@H](O[C@]3(C(=O)O)C[C@H](O)[C@@H](NC(C)=O)[C@H]([C@@H](O)[C@H](O)CO)O3)[C@H]2O)[C@@H](O)[C@@H]1O)NC(=O)CCCCCCCCCCCCCCCCCCC. The van der Waals surface area contributed by atoms with E-state index in [4.69, 9.17) is 56.8 Å². The summed E-state index contributed by atoms with van der Waals surface area (Å²) in [6.07, 6.45) is -29.5. The maximum atomic E-state index is 14.1. The van der Waals surface area contributed by atoms with Crippen LogP contribution in [0.4, 0.5) is 0 Å². The molecule has 129 heavy (non-hydrogen) atoms. The maximum absolute atomic E-state index is 14.1. The van der Waals surface area contributed by atoms with Crippen LogP contribution >= 0.6 is 0 Å². The van der Waals surface area contributed by atoms with E-state index in [0.29, 0.717) is 12.8 Å². The van der Waals surface area contributed by atoms with Crippen molar-refractivity contribution < 1.29 is 193 Å². The third-order valence-corrected chi connectivity index (χ3v) is 24.6. The average molecular weight is 1870 g/mol. The number of rotatable bonds is 61. The molecule has 0 radical (unpaired) electrons. The summed E-state index contributed by atoms with van der Waals surface area (Å²) in [5, 5.41) is 247. The first kappa shape index (κ1) is 113. The molecule has 6 aliphatic heterocycles. The number of hydrogen-bond acceptors (Lipinski definition) is 37. The number of aliphatic hydroxyl groups is 19. The van der Waals surface area contributed by atoms with Crippen LogP contribution < -0.4 is 21.3 Å². The largest absolute Gasteiger partial charge is 0.477 e. The quantitative estimate of drug-likeness (QED) is 0.0212. The van der Waals surface area contributed by atoms with Crippen molar-refractivity contribution in [3.8, 4) is 0 Å². The molecular formula is C86H152N4O39. The molecule has 43 nitrogen and oxygen atoms in total. The molecular weight excluding hydrogens is 1710 g/mol. The normalized spacial score (nSPS) is 34.8. The van der Waals surface area contributed by atoms with E-state index in [0.717, 1.165) is 85.0 Å². The van der Waals surface area contributed by atoms with Crippen LogP contribution in [0.5, 0.6) is 0 Å². The highest BCUT2D eigenvalue weighted by Gasteiger charge is 2.64. The first-order valence-corrected chi connectivity index (χ1v) is 46.2. The minimum atomic E-state index is -3.50. The maximum Gasteiger partial charge on any atom is 0.364 e. The van der Waals surface area contributed by atoms with Crippen LogP contribution in [-0.2, 0) is 85.6 Å². The van der Waals surface area contributed by atoms with Crippen molar-refractivity contribution in [3.05, 3.63) is 12.2 Å². The highest BCUT2D eigenvalue weighted by Crippen LogP contribution is 2.43. The third-order valence-electron chi connectivity index (χ3n) is 24.6. The number of amides is 4. The molecule has 0 aromatic carbocycles. The summed E-state index contributed by atoms with van der Waals surface area (Å²) in [4.78, 5) is 79.6. The van der Waals surface area contributed by atoms with E-state index in [2.05, 4.69) is 35.1 Å². The topological polar surface area (TPSA) is 686 Å². The molecule has 0 aliphatic carbocycles. The number of unbranched alkanes of at least 4 members (excludes halogenated alkanes) is 27. The standard InChI is InChI=1S/C86H152N4O39/c1-6-8-10-12-14-16-18-20-21-22-23-25-27-29-31-33-35-37-60(105)90-50(51(100)36-34-32-30-28-26-24-19-17-15-13-11-9-7-2)46-118-80-69(111)68(110)72(58(44-95)121-80)123-82-71(113)78(129-86(84(116)117)39-53(102)62(88-48(4)98)76(127-86)65(107)55(104)41-92)73(59(45-96)122-82)124-79-63(89-49(5)99)74(66(108)56(42-93)119-79)125-81-70(112)77(67(109)57(43-94)120-81)128-85(83(114)115)38-52(101)61(87-47(3)97)75(126-85)64(106)54(103)40-91/h34,36,50-59,61-82,91-96,100-104,106-113H,6-33,35,37-46H2,1-5H3,(H,87,97)(H,88,98)(H,89,99)(H,90,105)(H,114,115)(H,116,117)/b36-34+/t50-,51+,52-,53-,54+,55+,56+,57+,58-,59+,61+,62+,63+,64-,65-,66-,67-,68-,69-,70+,71+,72-,73-,74+,75+,76+,77-,78+,79-,80-,81-,82-,85-,86-/m0/s1. The number of ether oxygens (including phenoxy) is 12. The van der Waals surface area contributed by atoms with Gasteiger partial charge in [-0.2, -0.15) is 0 Å². The molecule has 0 aromatic rings. The van der Waals surface area contributed by atoms with E-state index in [1.807, 2.05) is 0 Å². The van der Waals surface area contributed by atoms with Gasteiger partial charge in [-0.1, -0.05) is 193 Å². The summed E-state index contributed by atoms with van der Waals surface area (Å²) in [6.45, 7) is -0.822. The third kappa shape index (κ3) is 33.6. The molecule has 6 heterocycles. The van der Waals surface area contributed by atoms with Crippen molar-refractivity contribution >= 4 is 35.6 Å². The Kier molecular flexibility index (Phi) is 50.9. The molecule has 6 rings (SSSR count). The van der Waals surface area contributed by atoms with Crippen molar-refractivity contribution in [2.24, 2.45) is 0 Å². The fourth-order valence-corrected chi connectivity index (χ4v) is 17.3. The lowest BCUT2D eigenvalue weighted by Gasteiger charge is -2.53. The first-order valence-electron chi connectivity index (χ1n) is 46.2. The fourth-order valence-electron chi connectivity index (χ4n) is 17.3. The van der Waals surface area contributed by atoms with Gasteiger partial charge in [0.15, 0.2) is 25.2 Å². The number of aliphatic carboxylic acids is 2. The predicted molar refractivity (Wildman–Crippen MR) is 449 cm³/mol. The summed E-state index contributed by atoms with van der Waals surface area (Å²) in [6, 6.07) is -6.94. The van der Waals surface area contributed by atoms with Gasteiger partial charge in [-0.05, 0) is 19.3 Å². The van der Waals surface area contributed by atoms with E-state index >= 15 is 0 Å². The van der Waals surface area contributed by atoms with Crippen LogP contribution in [0, 0.1) is 0 Å². The van der Waals surface area contributed by atoms with Crippen molar-refractivity contribution in [2.45, 2.75) is 447 Å². The van der Waals surface area contributed by atoms with E-state index in [1.165, 1.54) is 115 Å². The van der Waals surface area contributed by atoms with Gasteiger partial charge >= 0.3 is 11.9 Å². The Hall–Kier alpha value is -4.68. The van der Waals surface area contributed by atoms with Crippen LogP contribution in [0.3, 0.4) is 0 Å². The Morgan fingerprint density at radius 2 is 0.760 bits per heavy atom. The highest BCUT2D eigenvalue weighted by molar-refractivity contribution is 5.78. The molecule has 6 fully saturated rings. The molecule has 4 amide bonds. The zero-order chi connectivity index (χ0) is 95.2. The smallest absolute Gasteiger partial charge is 0.364 e. The second-order valence-corrected chi connectivity index (χ2v) is 35.0. The van der Waals surface area contributed by atoms with Gasteiger partial charge in [0, 0.05) is 40.0 Å². The van der Waals surface area contributed by atoms with Crippen molar-refractivity contribution in [1.29, 1.82) is 0 Å². The molecule has 0 saturated carbocycles. The predicted octanol–water partition coefficient (Wildman–Crippen LogP) is -3.09. The number of aliphatic hydroxyl groups excluding tert-OH is 19. The fraction of sp³-hybridized carbons (Fsp3) is 0.907. The van der Waals surface area contributed by atoms with Gasteiger partial charge in [-0.3, -0.25) is 19.2 Å². The lowest BCUT2D eigenvalue weighted by atomic mass is 9.88. The van der Waals surface area contributed by atoms with Gasteiger partial charge in [0.2, 0.25) is 23.6 Å². The van der Waals surface area contributed by atoms with E-state index in [-0.39, 0.29) is 6.42 Å². The van der Waals surface area contributed by atoms with Crippen LogP contribution in [0.2, 0.25) is 0 Å². The van der Waals surface area contributed by atoms with Crippen LogP contribution in [0.25, 0.3) is 0 Å². The van der Waals surface area contributed by atoms with E-state index < -0.39 is 302 Å². The zero-order valence-electron chi connectivity index (χ0n) is 74.9. The molecule has 0 spiro atoms. The molecule has 34 atom stereocenters. The van der Waals surface area contributed by atoms with Gasteiger partial charge in [-0.15, -0.1) is 0 Å². The summed E-state index contributed by atoms with van der Waals surface area (Å²) < 4.78 is 72.4. The summed E-state index contributed by atoms with van der Waals surface area (Å²) >= 11 is 0. The molecule has 0 unspecified atom stereocenters. The van der Waals surface area contributed by atoms with E-state index in [9.17, 15) is 136 Å². The molecule has 25 N–H and O–H groups in total. The van der Waals surface area contributed by atoms with Crippen LogP contribution in [0.15, 0.2) is 12.2 Å². The number of hydrogen-bond donors (Lipinski definition) is 25. The van der Waals surface area contributed by atoms with Gasteiger partial charge in [-0.25, -0.2) is 9.59 Å². The van der Waals surface area contributed by atoms with Gasteiger partial charge in [0.05, 0.1) is 82.7 Å². The number of carbonyl (C=O) groups is 6. The second kappa shape index (κ2) is 58.0. The Morgan fingerprint density at radius 1 is 0.403 bits per heavy atom. The highest BCUT2D eigenvalue weighted by atomic mass is 16.8. The Balaban J connectivity index is 1.29. The summed E-state index contributed by atoms with van der Waals surface area (Å²) in [5.41, 5.74) is 0. The number of carboxylic acids is 2. The summed E-state index contributed by atoms with van der Waals surface area (Å²) in [7, 11) is 0. The molecule has 43 heteroatoms. The van der Waals surface area contributed by atoms with Crippen molar-refractivity contribution in [1.82, 2.24) is 21.3 Å². The lowest BCUT2D eigenvalue weighted by Crippen LogP contribution is -2.72. The van der Waals surface area contributed by atoms with Crippen LogP contribution in [-0.4, -0.2) is 396 Å². The first-order chi connectivity index (χ1) is 61.6. The van der Waals surface area contributed by atoms with Gasteiger partial charge < -0.3 is 185 Å². The van der Waals surface area contributed by atoms with Gasteiger partial charge in [0.25, 0.3) is 11.6 Å². The average Bonchev–Trinajstić information content (AvgIpc) is 0.720. The number of nitrogens with one attached hydrogen (secondary N) is 4. The minimum absolute atomic E-state index is 0.0955. The zero-order valence-corrected chi connectivity index (χ0v) is 74.9. The van der Waals surface area contributed by atoms with Gasteiger partial charge in [0.1, 0.15) is 134 Å². The van der Waals surface area contributed by atoms with Crippen molar-refractivity contribution in [3.63, 3.8) is 0 Å². The minimum Gasteiger partial charge on any atom is -0.477 e. The molecule has 750 valence electrons. The Bertz CT molecular complexity index is 3240. The number of carbonyl (C=O) groups excluding carboxylic acids is 4. The van der Waals surface area contributed by atoms with Crippen molar-refractivity contribution in [2.75, 3.05) is 46.2 Å². The Labute approximate surface area is 752 Å². The number of allylic oxidation sites excluding steroid dienone is 1. The second-order valence-electron chi connectivity index (χ2n) is 35.0. The molecule has 6 saturated heterocycles. The lowest BCUT2D eigenvalue weighted by molar-refractivity contribution is -0.405.